The number of aromatic nitrogens is 1. The van der Waals surface area contributed by atoms with Gasteiger partial charge >= 0.3 is 5.97 Å². The lowest BCUT2D eigenvalue weighted by atomic mass is 10.2. The summed E-state index contributed by atoms with van der Waals surface area (Å²) in [5.74, 6) is -1.31. The molecule has 0 fully saturated rings. The third-order valence-electron chi connectivity index (χ3n) is 2.80. The predicted octanol–water partition coefficient (Wildman–Crippen LogP) is 2.46. The molecule has 0 aliphatic carbocycles. The number of anilines is 1. The molecule has 1 N–H and O–H groups in total. The summed E-state index contributed by atoms with van der Waals surface area (Å²) >= 11 is 1.18. The molecule has 1 aromatic heterocycles. The van der Waals surface area contributed by atoms with E-state index in [4.69, 9.17) is 4.74 Å². The SMILES string of the molecule is Cc1nc(C)c(C(=O)OCC(=O)Nc2ccccc2[N+](=O)[O-])s1. The second-order valence-electron chi connectivity index (χ2n) is 4.55. The third kappa shape index (κ3) is 4.10. The molecule has 9 heteroatoms. The van der Waals surface area contributed by atoms with Crippen molar-refractivity contribution in [2.24, 2.45) is 0 Å². The zero-order valence-electron chi connectivity index (χ0n) is 12.4. The van der Waals surface area contributed by atoms with Crippen molar-refractivity contribution in [2.45, 2.75) is 13.8 Å². The summed E-state index contributed by atoms with van der Waals surface area (Å²) in [6.07, 6.45) is 0. The van der Waals surface area contributed by atoms with Gasteiger partial charge in [0.25, 0.3) is 11.6 Å². The second-order valence-corrected chi connectivity index (χ2v) is 5.75. The number of thiazole rings is 1. The molecule has 0 spiro atoms. The number of nitrogens with one attached hydrogen (secondary N) is 1. The number of esters is 1. The van der Waals surface area contributed by atoms with Gasteiger partial charge in [-0.25, -0.2) is 9.78 Å². The molecule has 0 atom stereocenters. The number of amides is 1. The van der Waals surface area contributed by atoms with Crippen LogP contribution in [0.3, 0.4) is 0 Å². The normalized spacial score (nSPS) is 10.2. The largest absolute Gasteiger partial charge is 0.451 e. The molecule has 0 radical (unpaired) electrons. The average molecular weight is 335 g/mol. The van der Waals surface area contributed by atoms with Crippen molar-refractivity contribution in [3.63, 3.8) is 0 Å². The van der Waals surface area contributed by atoms with Gasteiger partial charge in [0.15, 0.2) is 6.61 Å². The van der Waals surface area contributed by atoms with Crippen molar-refractivity contribution in [3.05, 3.63) is 50.0 Å². The average Bonchev–Trinajstić information content (AvgIpc) is 2.84. The number of ether oxygens (including phenoxy) is 1. The maximum atomic E-state index is 11.9. The predicted molar refractivity (Wildman–Crippen MR) is 83.6 cm³/mol. The second kappa shape index (κ2) is 6.97. The van der Waals surface area contributed by atoms with Crippen LogP contribution in [0.15, 0.2) is 24.3 Å². The molecule has 1 amide bonds. The number of nitrogens with zero attached hydrogens (tertiary/aromatic N) is 2. The fourth-order valence-electron chi connectivity index (χ4n) is 1.84. The fourth-order valence-corrected chi connectivity index (χ4v) is 2.66. The first-order chi connectivity index (χ1) is 10.9. The maximum Gasteiger partial charge on any atom is 0.350 e. The molecule has 0 saturated carbocycles. The molecule has 0 bridgehead atoms. The first kappa shape index (κ1) is 16.6. The van der Waals surface area contributed by atoms with Gasteiger partial charge in [-0.15, -0.1) is 11.3 Å². The Balaban J connectivity index is 1.97. The van der Waals surface area contributed by atoms with E-state index in [-0.39, 0.29) is 11.4 Å². The van der Waals surface area contributed by atoms with Crippen LogP contribution in [0.1, 0.15) is 20.4 Å². The van der Waals surface area contributed by atoms with Crippen LogP contribution < -0.4 is 5.32 Å². The van der Waals surface area contributed by atoms with E-state index in [0.29, 0.717) is 10.6 Å². The molecule has 0 unspecified atom stereocenters. The van der Waals surface area contributed by atoms with E-state index >= 15 is 0 Å². The summed E-state index contributed by atoms with van der Waals surface area (Å²) in [4.78, 5) is 38.3. The number of carbonyl (C=O) groups is 2. The van der Waals surface area contributed by atoms with Crippen LogP contribution in [-0.2, 0) is 9.53 Å². The van der Waals surface area contributed by atoms with Crippen molar-refractivity contribution >= 4 is 34.6 Å². The molecular weight excluding hydrogens is 322 g/mol. The lowest BCUT2D eigenvalue weighted by molar-refractivity contribution is -0.383. The molecule has 0 aliphatic heterocycles. The summed E-state index contributed by atoms with van der Waals surface area (Å²) < 4.78 is 4.91. The lowest BCUT2D eigenvalue weighted by Gasteiger charge is -2.06. The summed E-state index contributed by atoms with van der Waals surface area (Å²) in [7, 11) is 0. The van der Waals surface area contributed by atoms with E-state index in [1.807, 2.05) is 0 Å². The van der Waals surface area contributed by atoms with Gasteiger partial charge in [-0.1, -0.05) is 12.1 Å². The van der Waals surface area contributed by atoms with Crippen LogP contribution in [-0.4, -0.2) is 28.4 Å². The Morgan fingerprint density at radius 3 is 2.65 bits per heavy atom. The topological polar surface area (TPSA) is 111 Å². The third-order valence-corrected chi connectivity index (χ3v) is 3.85. The van der Waals surface area contributed by atoms with Crippen LogP contribution in [0.4, 0.5) is 11.4 Å². The molecular formula is C14H13N3O5S. The molecule has 8 nitrogen and oxygen atoms in total. The lowest BCUT2D eigenvalue weighted by Crippen LogP contribution is -2.21. The summed E-state index contributed by atoms with van der Waals surface area (Å²) in [6.45, 7) is 2.89. The standard InChI is InChI=1S/C14H13N3O5S/c1-8-13(23-9(2)15-8)14(19)22-7-12(18)16-10-5-3-4-6-11(10)17(20)21/h3-6H,7H2,1-2H3,(H,16,18). The van der Waals surface area contributed by atoms with E-state index < -0.39 is 23.4 Å². The summed E-state index contributed by atoms with van der Waals surface area (Å²) in [5.41, 5.74) is 0.348. The smallest absolute Gasteiger partial charge is 0.350 e. The van der Waals surface area contributed by atoms with Crippen LogP contribution in [0.2, 0.25) is 0 Å². The number of hydrogen-bond acceptors (Lipinski definition) is 7. The molecule has 23 heavy (non-hydrogen) atoms. The van der Waals surface area contributed by atoms with Gasteiger partial charge < -0.3 is 10.1 Å². The number of para-hydroxylation sites is 2. The number of carbonyl (C=O) groups excluding carboxylic acids is 2. The van der Waals surface area contributed by atoms with Gasteiger partial charge in [-0.05, 0) is 19.9 Å². The Bertz CT molecular complexity index is 772. The highest BCUT2D eigenvalue weighted by Gasteiger charge is 2.18. The zero-order chi connectivity index (χ0) is 17.0. The van der Waals surface area contributed by atoms with Crippen LogP contribution in [0.25, 0.3) is 0 Å². The van der Waals surface area contributed by atoms with Crippen molar-refractivity contribution in [2.75, 3.05) is 11.9 Å². The summed E-state index contributed by atoms with van der Waals surface area (Å²) in [6, 6.07) is 5.71. The van der Waals surface area contributed by atoms with E-state index in [2.05, 4.69) is 10.3 Å². The van der Waals surface area contributed by atoms with E-state index in [1.165, 1.54) is 29.5 Å². The minimum absolute atomic E-state index is 0.0448. The molecule has 1 heterocycles. The molecule has 2 aromatic rings. The Morgan fingerprint density at radius 1 is 1.35 bits per heavy atom. The first-order valence-electron chi connectivity index (χ1n) is 6.53. The van der Waals surface area contributed by atoms with Gasteiger partial charge in [0.1, 0.15) is 10.6 Å². The number of nitro groups is 1. The maximum absolute atomic E-state index is 11.9. The van der Waals surface area contributed by atoms with Gasteiger partial charge in [0.2, 0.25) is 0 Å². The van der Waals surface area contributed by atoms with Crippen molar-refractivity contribution in [1.82, 2.24) is 4.98 Å². The zero-order valence-corrected chi connectivity index (χ0v) is 13.2. The molecule has 2 rings (SSSR count). The number of hydrogen-bond donors (Lipinski definition) is 1. The van der Waals surface area contributed by atoms with Crippen molar-refractivity contribution < 1.29 is 19.2 Å². The quantitative estimate of drug-likeness (QED) is 0.510. The highest BCUT2D eigenvalue weighted by atomic mass is 32.1. The van der Waals surface area contributed by atoms with Gasteiger partial charge in [-0.3, -0.25) is 14.9 Å². The molecule has 120 valence electrons. The Morgan fingerprint density at radius 2 is 2.04 bits per heavy atom. The van der Waals surface area contributed by atoms with E-state index in [0.717, 1.165) is 5.01 Å². The Hall–Kier alpha value is -2.81. The van der Waals surface area contributed by atoms with E-state index in [1.54, 1.807) is 19.9 Å². The summed E-state index contributed by atoms with van der Waals surface area (Å²) in [5, 5.41) is 13.9. The number of benzene rings is 1. The van der Waals surface area contributed by atoms with Crippen LogP contribution in [0, 0.1) is 24.0 Å². The van der Waals surface area contributed by atoms with Crippen molar-refractivity contribution in [1.29, 1.82) is 0 Å². The molecule has 0 aliphatic rings. The minimum atomic E-state index is -0.661. The number of rotatable bonds is 5. The highest BCUT2D eigenvalue weighted by Crippen LogP contribution is 2.23. The van der Waals surface area contributed by atoms with Gasteiger partial charge in [-0.2, -0.15) is 0 Å². The first-order valence-corrected chi connectivity index (χ1v) is 7.34. The molecule has 0 saturated heterocycles. The number of nitro benzene ring substituents is 1. The Kier molecular flexibility index (Phi) is 5.02. The fraction of sp³-hybridized carbons (Fsp3) is 0.214. The minimum Gasteiger partial charge on any atom is -0.451 e. The monoisotopic (exact) mass is 335 g/mol. The number of aryl methyl sites for hydroxylation is 2. The van der Waals surface area contributed by atoms with Crippen LogP contribution in [0.5, 0.6) is 0 Å². The van der Waals surface area contributed by atoms with Crippen LogP contribution >= 0.6 is 11.3 Å². The van der Waals surface area contributed by atoms with Gasteiger partial charge in [0, 0.05) is 6.07 Å². The Labute approximate surface area is 135 Å². The molecule has 1 aromatic carbocycles. The van der Waals surface area contributed by atoms with E-state index in [9.17, 15) is 19.7 Å². The van der Waals surface area contributed by atoms with Gasteiger partial charge in [0.05, 0.1) is 15.6 Å². The van der Waals surface area contributed by atoms with Crippen molar-refractivity contribution in [3.8, 4) is 0 Å². The highest BCUT2D eigenvalue weighted by molar-refractivity contribution is 7.13.